The van der Waals surface area contributed by atoms with Crippen molar-refractivity contribution in [3.8, 4) is 5.69 Å². The lowest BCUT2D eigenvalue weighted by atomic mass is 10.2. The van der Waals surface area contributed by atoms with Crippen LogP contribution in [0.15, 0.2) is 99.1 Å². The lowest BCUT2D eigenvalue weighted by molar-refractivity contribution is -0.384. The van der Waals surface area contributed by atoms with Crippen molar-refractivity contribution < 1.29 is 9.72 Å². The van der Waals surface area contributed by atoms with Crippen molar-refractivity contribution in [3.63, 3.8) is 0 Å². The Hall–Kier alpha value is -5.24. The first-order chi connectivity index (χ1) is 18.0. The third-order valence-electron chi connectivity index (χ3n) is 5.06. The molecule has 3 aromatic heterocycles. The first-order valence-corrected chi connectivity index (χ1v) is 11.4. The topological polar surface area (TPSA) is 163 Å². The van der Waals surface area contributed by atoms with Gasteiger partial charge in [0.1, 0.15) is 10.7 Å². The van der Waals surface area contributed by atoms with Gasteiger partial charge in [0.15, 0.2) is 0 Å². The van der Waals surface area contributed by atoms with Gasteiger partial charge in [-0.2, -0.15) is 9.78 Å². The summed E-state index contributed by atoms with van der Waals surface area (Å²) in [5, 5.41) is 27.2. The van der Waals surface area contributed by atoms with Gasteiger partial charge < -0.3 is 0 Å². The predicted molar refractivity (Wildman–Crippen MR) is 133 cm³/mol. The maximum Gasteiger partial charge on any atom is 0.271 e. The van der Waals surface area contributed by atoms with Gasteiger partial charge in [0.25, 0.3) is 17.2 Å². The van der Waals surface area contributed by atoms with E-state index in [1.165, 1.54) is 39.6 Å². The zero-order valence-corrected chi connectivity index (χ0v) is 19.5. The highest BCUT2D eigenvalue weighted by atomic mass is 32.2. The van der Waals surface area contributed by atoms with Gasteiger partial charge in [-0.05, 0) is 58.6 Å². The van der Waals surface area contributed by atoms with Crippen LogP contribution in [0.25, 0.3) is 11.3 Å². The second-order valence-corrected chi connectivity index (χ2v) is 8.33. The highest BCUT2D eigenvalue weighted by Crippen LogP contribution is 2.27. The van der Waals surface area contributed by atoms with Crippen LogP contribution in [0.1, 0.15) is 15.9 Å². The molecule has 14 heteroatoms. The standard InChI is InChI=1S/C23H15N9O4S/c33-20(15-9-11-17(12-10-15)32(35)36)26-24-14-18-21(25-19-8-4-5-13-30(19)22(18)34)37-23-27-28-29-31(23)16-6-2-1-3-7-16/h1-14H,(H,26,33). The van der Waals surface area contributed by atoms with Crippen LogP contribution in [0.5, 0.6) is 0 Å². The minimum Gasteiger partial charge on any atom is -0.268 e. The minimum absolute atomic E-state index is 0.0975. The van der Waals surface area contributed by atoms with Gasteiger partial charge in [-0.1, -0.05) is 24.3 Å². The molecular weight excluding hydrogens is 498 g/mol. The van der Waals surface area contributed by atoms with Crippen LogP contribution in [0.3, 0.4) is 0 Å². The summed E-state index contributed by atoms with van der Waals surface area (Å²) in [6, 6.07) is 19.4. The van der Waals surface area contributed by atoms with E-state index in [-0.39, 0.29) is 21.8 Å². The van der Waals surface area contributed by atoms with Gasteiger partial charge in [-0.3, -0.25) is 24.1 Å². The lowest BCUT2D eigenvalue weighted by Crippen LogP contribution is -2.23. The molecule has 0 spiro atoms. The molecule has 0 radical (unpaired) electrons. The minimum atomic E-state index is -0.609. The third-order valence-corrected chi connectivity index (χ3v) is 6.01. The summed E-state index contributed by atoms with van der Waals surface area (Å²) >= 11 is 1.07. The van der Waals surface area contributed by atoms with Gasteiger partial charge in [-0.25, -0.2) is 10.4 Å². The van der Waals surface area contributed by atoms with Crippen LogP contribution in [-0.4, -0.2) is 46.6 Å². The molecule has 0 atom stereocenters. The Morgan fingerprint density at radius 1 is 1.05 bits per heavy atom. The molecule has 5 rings (SSSR count). The summed E-state index contributed by atoms with van der Waals surface area (Å²) in [5.41, 5.74) is 3.15. The number of nitro benzene ring substituents is 1. The zero-order valence-electron chi connectivity index (χ0n) is 18.7. The van der Waals surface area contributed by atoms with Gasteiger partial charge >= 0.3 is 0 Å². The molecule has 0 fully saturated rings. The summed E-state index contributed by atoms with van der Waals surface area (Å²) in [4.78, 5) is 40.5. The maximum absolute atomic E-state index is 13.3. The largest absolute Gasteiger partial charge is 0.271 e. The molecule has 1 amide bonds. The molecule has 2 aromatic carbocycles. The zero-order chi connectivity index (χ0) is 25.8. The van der Waals surface area contributed by atoms with Gasteiger partial charge in [0, 0.05) is 23.9 Å². The smallest absolute Gasteiger partial charge is 0.268 e. The third kappa shape index (κ3) is 4.94. The SMILES string of the molecule is O=C(NN=Cc1c(Sc2nnnn2-c2ccccc2)nc2ccccn2c1=O)c1ccc([N+](=O)[O-])cc1. The number of rotatable bonds is 7. The number of nitro groups is 1. The molecule has 0 aliphatic carbocycles. The van der Waals surface area contributed by atoms with Crippen LogP contribution in [0.4, 0.5) is 5.69 Å². The molecule has 0 saturated heterocycles. The van der Waals surface area contributed by atoms with Crippen molar-refractivity contribution in [3.05, 3.63) is 111 Å². The first-order valence-electron chi connectivity index (χ1n) is 10.6. The highest BCUT2D eigenvalue weighted by molar-refractivity contribution is 7.99. The summed E-state index contributed by atoms with van der Waals surface area (Å²) < 4.78 is 2.86. The Bertz CT molecular complexity index is 1700. The van der Waals surface area contributed by atoms with Crippen LogP contribution in [0.2, 0.25) is 0 Å². The molecule has 182 valence electrons. The number of nitrogens with zero attached hydrogens (tertiary/aromatic N) is 8. The molecule has 0 aliphatic heterocycles. The van der Waals surface area contributed by atoms with Crippen LogP contribution in [-0.2, 0) is 0 Å². The number of para-hydroxylation sites is 1. The molecular formula is C23H15N9O4S. The van der Waals surface area contributed by atoms with Crippen molar-refractivity contribution in [1.29, 1.82) is 0 Å². The van der Waals surface area contributed by atoms with Crippen molar-refractivity contribution in [1.82, 2.24) is 35.0 Å². The van der Waals surface area contributed by atoms with E-state index >= 15 is 0 Å². The number of non-ortho nitro benzene ring substituents is 1. The summed E-state index contributed by atoms with van der Waals surface area (Å²) in [6.45, 7) is 0. The van der Waals surface area contributed by atoms with Crippen LogP contribution in [0, 0.1) is 10.1 Å². The summed E-state index contributed by atoms with van der Waals surface area (Å²) in [6.07, 6.45) is 2.76. The summed E-state index contributed by atoms with van der Waals surface area (Å²) in [7, 11) is 0. The average Bonchev–Trinajstić information content (AvgIpc) is 3.39. The maximum atomic E-state index is 13.3. The number of fused-ring (bicyclic) bond motifs is 1. The van der Waals surface area contributed by atoms with E-state index in [1.54, 1.807) is 24.4 Å². The molecule has 13 nitrogen and oxygen atoms in total. The van der Waals surface area contributed by atoms with Gasteiger partial charge in [-0.15, -0.1) is 5.10 Å². The Morgan fingerprint density at radius 3 is 2.57 bits per heavy atom. The molecule has 0 bridgehead atoms. The Balaban J connectivity index is 1.47. The number of nitrogens with one attached hydrogen (secondary N) is 1. The number of hydrogen-bond acceptors (Lipinski definition) is 10. The number of tetrazole rings is 1. The molecule has 5 aromatic rings. The van der Waals surface area contributed by atoms with E-state index in [0.29, 0.717) is 10.8 Å². The molecule has 0 saturated carbocycles. The predicted octanol–water partition coefficient (Wildman–Crippen LogP) is 2.49. The van der Waals surface area contributed by atoms with E-state index in [2.05, 4.69) is 31.0 Å². The number of amides is 1. The number of hydrogen-bond donors (Lipinski definition) is 1. The molecule has 37 heavy (non-hydrogen) atoms. The normalized spacial score (nSPS) is 11.1. The van der Waals surface area contributed by atoms with Crippen molar-refractivity contribution >= 4 is 35.2 Å². The Morgan fingerprint density at radius 2 is 1.81 bits per heavy atom. The van der Waals surface area contributed by atoms with E-state index in [0.717, 1.165) is 17.4 Å². The fourth-order valence-electron chi connectivity index (χ4n) is 3.29. The quantitative estimate of drug-likeness (QED) is 0.149. The molecule has 0 unspecified atom stereocenters. The van der Waals surface area contributed by atoms with E-state index in [9.17, 15) is 19.7 Å². The van der Waals surface area contributed by atoms with Crippen molar-refractivity contribution in [2.45, 2.75) is 10.2 Å². The lowest BCUT2D eigenvalue weighted by Gasteiger charge is -2.08. The fraction of sp³-hybridized carbons (Fsp3) is 0. The number of benzene rings is 2. The van der Waals surface area contributed by atoms with Gasteiger partial charge in [0.05, 0.1) is 22.4 Å². The first kappa shape index (κ1) is 23.5. The number of carbonyl (C=O) groups excluding carboxylic acids is 1. The number of pyridine rings is 1. The van der Waals surface area contributed by atoms with Crippen molar-refractivity contribution in [2.75, 3.05) is 0 Å². The number of hydrazone groups is 1. The van der Waals surface area contributed by atoms with Crippen LogP contribution >= 0.6 is 11.8 Å². The Labute approximate surface area is 211 Å². The number of carbonyl (C=O) groups is 1. The molecule has 0 aliphatic rings. The Kier molecular flexibility index (Phi) is 6.46. The van der Waals surface area contributed by atoms with Crippen LogP contribution < -0.4 is 11.0 Å². The van der Waals surface area contributed by atoms with Gasteiger partial charge in [0.2, 0.25) is 5.16 Å². The second-order valence-electron chi connectivity index (χ2n) is 7.38. The van der Waals surface area contributed by atoms with E-state index in [4.69, 9.17) is 0 Å². The summed E-state index contributed by atoms with van der Waals surface area (Å²) in [5.74, 6) is -0.609. The number of aromatic nitrogens is 6. The highest BCUT2D eigenvalue weighted by Gasteiger charge is 2.17. The molecule has 1 N–H and O–H groups in total. The monoisotopic (exact) mass is 513 g/mol. The average molecular weight is 513 g/mol. The van der Waals surface area contributed by atoms with E-state index < -0.39 is 16.4 Å². The fourth-order valence-corrected chi connectivity index (χ4v) is 4.15. The van der Waals surface area contributed by atoms with E-state index in [1.807, 2.05) is 30.3 Å². The van der Waals surface area contributed by atoms with Crippen molar-refractivity contribution in [2.24, 2.45) is 5.10 Å². The molecule has 3 heterocycles. The second kappa shape index (κ2) is 10.2.